The lowest BCUT2D eigenvalue weighted by molar-refractivity contribution is -0.138. The van der Waals surface area contributed by atoms with Crippen LogP contribution in [0.4, 0.5) is 13.2 Å². The summed E-state index contributed by atoms with van der Waals surface area (Å²) in [4.78, 5) is 2.05. The molecule has 0 aliphatic heterocycles. The molecule has 0 aromatic heterocycles. The minimum absolute atomic E-state index is 0.00690. The van der Waals surface area contributed by atoms with Gasteiger partial charge in [0.25, 0.3) is 0 Å². The normalized spacial score (nSPS) is 14.3. The van der Waals surface area contributed by atoms with Crippen molar-refractivity contribution in [2.75, 3.05) is 19.6 Å². The van der Waals surface area contributed by atoms with E-state index >= 15 is 0 Å². The van der Waals surface area contributed by atoms with Gasteiger partial charge in [0.2, 0.25) is 0 Å². The molecule has 0 saturated carbocycles. The fraction of sp³-hybridized carbons (Fsp3) is 0.889. The van der Waals surface area contributed by atoms with Crippen LogP contribution in [0.5, 0.6) is 0 Å². The molecule has 0 amide bonds. The lowest BCUT2D eigenvalue weighted by Gasteiger charge is -2.24. The first-order valence-corrected chi connectivity index (χ1v) is 5.25. The Labute approximate surface area is 93.6 Å². The Balaban J connectivity index is 3.98. The van der Waals surface area contributed by atoms with Gasteiger partial charge in [-0.05, 0) is 6.54 Å². The molecule has 1 unspecified atom stereocenters. The molecule has 0 rings (SSSR count). The number of nitrogens with two attached hydrogens (primary N) is 1. The van der Waals surface area contributed by atoms with Crippen LogP contribution in [0.3, 0.4) is 0 Å². The molecule has 0 saturated heterocycles. The van der Waals surface area contributed by atoms with E-state index in [1.54, 1.807) is 4.90 Å². The Bertz CT molecular complexity index is 206. The van der Waals surface area contributed by atoms with Crippen molar-refractivity contribution in [2.45, 2.75) is 26.4 Å². The molecule has 0 spiro atoms. The lowest BCUT2D eigenvalue weighted by Crippen LogP contribution is -2.35. The van der Waals surface area contributed by atoms with Crippen LogP contribution in [0.15, 0.2) is 0 Å². The summed E-state index contributed by atoms with van der Waals surface area (Å²) in [6.45, 7) is 4.71. The van der Waals surface area contributed by atoms with Crippen LogP contribution in [-0.4, -0.2) is 35.7 Å². The maximum absolute atomic E-state index is 12.0. The number of hydrogen-bond donors (Lipinski definition) is 1. The zero-order chi connectivity index (χ0) is 12.1. The van der Waals surface area contributed by atoms with Crippen LogP contribution in [0.25, 0.3) is 0 Å². The molecule has 0 aliphatic rings. The number of alkyl halides is 3. The molecule has 0 heterocycles. The lowest BCUT2D eigenvalue weighted by atomic mass is 10.1. The van der Waals surface area contributed by atoms with E-state index in [9.17, 15) is 13.2 Å². The number of rotatable bonds is 6. The molecule has 15 heavy (non-hydrogen) atoms. The maximum Gasteiger partial charge on any atom is 0.390 e. The molecular weight excluding hydrogens is 225 g/mol. The largest absolute Gasteiger partial charge is 0.393 e. The summed E-state index contributed by atoms with van der Waals surface area (Å²) in [5.41, 5.74) is 5.40. The number of thiocarbonyl (C=S) groups is 1. The molecule has 2 N–H and O–H groups in total. The second-order valence-corrected chi connectivity index (χ2v) is 4.03. The third-order valence-corrected chi connectivity index (χ3v) is 2.58. The van der Waals surface area contributed by atoms with Crippen LogP contribution < -0.4 is 5.73 Å². The van der Waals surface area contributed by atoms with E-state index < -0.39 is 12.6 Å². The third kappa shape index (κ3) is 7.56. The first-order chi connectivity index (χ1) is 6.76. The third-order valence-electron chi connectivity index (χ3n) is 2.18. The second kappa shape index (κ2) is 6.27. The predicted octanol–water partition coefficient (Wildman–Crippen LogP) is 2.18. The first kappa shape index (κ1) is 14.6. The number of hydrogen-bond acceptors (Lipinski definition) is 2. The molecule has 0 aromatic carbocycles. The van der Waals surface area contributed by atoms with Gasteiger partial charge in [-0.3, -0.25) is 0 Å². The van der Waals surface area contributed by atoms with Crippen LogP contribution in [0, 0.1) is 5.92 Å². The van der Waals surface area contributed by atoms with Gasteiger partial charge in [0.15, 0.2) is 0 Å². The van der Waals surface area contributed by atoms with Crippen molar-refractivity contribution in [1.29, 1.82) is 0 Å². The van der Waals surface area contributed by atoms with E-state index in [-0.39, 0.29) is 12.5 Å². The van der Waals surface area contributed by atoms with E-state index in [4.69, 9.17) is 18.0 Å². The summed E-state index contributed by atoms with van der Waals surface area (Å²) in [6.07, 6.45) is -4.88. The van der Waals surface area contributed by atoms with E-state index in [1.165, 1.54) is 0 Å². The maximum atomic E-state index is 12.0. The quantitative estimate of drug-likeness (QED) is 0.724. The highest BCUT2D eigenvalue weighted by atomic mass is 32.1. The van der Waals surface area contributed by atoms with E-state index in [1.807, 2.05) is 13.8 Å². The molecule has 2 nitrogen and oxygen atoms in total. The minimum Gasteiger partial charge on any atom is -0.393 e. The van der Waals surface area contributed by atoms with Crippen molar-refractivity contribution in [3.8, 4) is 0 Å². The van der Waals surface area contributed by atoms with Crippen LogP contribution in [0.1, 0.15) is 20.3 Å². The van der Waals surface area contributed by atoms with Crippen molar-refractivity contribution in [3.05, 3.63) is 0 Å². The average molecular weight is 242 g/mol. The van der Waals surface area contributed by atoms with Gasteiger partial charge in [-0.2, -0.15) is 13.2 Å². The second-order valence-electron chi connectivity index (χ2n) is 3.56. The summed E-state index contributed by atoms with van der Waals surface area (Å²) in [7, 11) is 0. The van der Waals surface area contributed by atoms with Gasteiger partial charge in [-0.25, -0.2) is 0 Å². The Morgan fingerprint density at radius 2 is 2.00 bits per heavy atom. The SMILES string of the molecule is CCN(CCC(F)(F)F)CC(C)C(N)=S. The number of nitrogens with zero attached hydrogens (tertiary/aromatic N) is 1. The smallest absolute Gasteiger partial charge is 0.390 e. The predicted molar refractivity (Wildman–Crippen MR) is 58.7 cm³/mol. The van der Waals surface area contributed by atoms with Crippen LogP contribution >= 0.6 is 12.2 Å². The fourth-order valence-corrected chi connectivity index (χ4v) is 1.22. The van der Waals surface area contributed by atoms with Gasteiger partial charge in [0.1, 0.15) is 0 Å². The highest BCUT2D eigenvalue weighted by molar-refractivity contribution is 7.80. The van der Waals surface area contributed by atoms with Gasteiger partial charge in [-0.15, -0.1) is 0 Å². The molecule has 1 atom stereocenters. The van der Waals surface area contributed by atoms with Gasteiger partial charge >= 0.3 is 6.18 Å². The zero-order valence-corrected chi connectivity index (χ0v) is 9.79. The van der Waals surface area contributed by atoms with Crippen molar-refractivity contribution in [1.82, 2.24) is 4.90 Å². The van der Waals surface area contributed by atoms with E-state index in [0.29, 0.717) is 18.1 Å². The topological polar surface area (TPSA) is 29.3 Å². The Morgan fingerprint density at radius 3 is 2.33 bits per heavy atom. The van der Waals surface area contributed by atoms with Crippen molar-refractivity contribution < 1.29 is 13.2 Å². The van der Waals surface area contributed by atoms with Crippen molar-refractivity contribution in [2.24, 2.45) is 11.7 Å². The molecule has 0 aliphatic carbocycles. The monoisotopic (exact) mass is 242 g/mol. The van der Waals surface area contributed by atoms with Gasteiger partial charge < -0.3 is 10.6 Å². The molecular formula is C9H17F3N2S. The van der Waals surface area contributed by atoms with Crippen molar-refractivity contribution >= 4 is 17.2 Å². The standard InChI is InChI=1S/C9H17F3N2S/c1-3-14(5-4-9(10,11)12)6-7(2)8(13)15/h7H,3-6H2,1-2H3,(H2,13,15). The highest BCUT2D eigenvalue weighted by Gasteiger charge is 2.27. The van der Waals surface area contributed by atoms with Crippen molar-refractivity contribution in [3.63, 3.8) is 0 Å². The van der Waals surface area contributed by atoms with Gasteiger partial charge in [0.05, 0.1) is 11.4 Å². The molecule has 0 bridgehead atoms. The summed E-state index contributed by atoms with van der Waals surface area (Å²) >= 11 is 4.77. The van der Waals surface area contributed by atoms with E-state index in [2.05, 4.69) is 0 Å². The van der Waals surface area contributed by atoms with Crippen LogP contribution in [-0.2, 0) is 0 Å². The molecule has 0 fully saturated rings. The zero-order valence-electron chi connectivity index (χ0n) is 8.97. The Hall–Kier alpha value is -0.360. The molecule has 90 valence electrons. The van der Waals surface area contributed by atoms with Crippen LogP contribution in [0.2, 0.25) is 0 Å². The van der Waals surface area contributed by atoms with E-state index in [0.717, 1.165) is 0 Å². The fourth-order valence-electron chi connectivity index (χ4n) is 1.14. The van der Waals surface area contributed by atoms with Gasteiger partial charge in [0, 0.05) is 19.0 Å². The molecule has 0 radical (unpaired) electrons. The highest BCUT2D eigenvalue weighted by Crippen LogP contribution is 2.19. The Morgan fingerprint density at radius 1 is 1.47 bits per heavy atom. The summed E-state index contributed by atoms with van der Waals surface area (Å²) < 4.78 is 35.9. The number of halogens is 3. The summed E-state index contributed by atoms with van der Waals surface area (Å²) in [5, 5.41) is 0. The van der Waals surface area contributed by atoms with Gasteiger partial charge in [-0.1, -0.05) is 26.1 Å². The molecule has 6 heteroatoms. The molecule has 0 aromatic rings. The Kier molecular flexibility index (Phi) is 6.12. The summed E-state index contributed by atoms with van der Waals surface area (Å²) in [5.74, 6) is -0.0480. The summed E-state index contributed by atoms with van der Waals surface area (Å²) in [6, 6.07) is 0. The minimum atomic E-state index is -4.10. The average Bonchev–Trinajstić information content (AvgIpc) is 2.10. The first-order valence-electron chi connectivity index (χ1n) is 4.84.